The molecule has 2 aromatic carbocycles. The topological polar surface area (TPSA) is 99.2 Å². The third kappa shape index (κ3) is 7.25. The van der Waals surface area contributed by atoms with Gasteiger partial charge in [0.1, 0.15) is 18.0 Å². The minimum Gasteiger partial charge on any atom is -0.493 e. The van der Waals surface area contributed by atoms with E-state index < -0.39 is 18.3 Å². The van der Waals surface area contributed by atoms with Crippen molar-refractivity contribution in [2.75, 3.05) is 17.4 Å². The third-order valence-electron chi connectivity index (χ3n) is 5.60. The Bertz CT molecular complexity index is 1160. The van der Waals surface area contributed by atoms with Crippen LogP contribution in [0.5, 0.6) is 5.75 Å². The van der Waals surface area contributed by atoms with Crippen LogP contribution < -0.4 is 14.4 Å². The smallest absolute Gasteiger partial charge is 0.332 e. The Morgan fingerprint density at radius 3 is 2.46 bits per heavy atom. The van der Waals surface area contributed by atoms with Gasteiger partial charge in [-0.1, -0.05) is 56.0 Å². The van der Waals surface area contributed by atoms with E-state index in [2.05, 4.69) is 25.0 Å². The molecule has 2 aromatic rings. The third-order valence-corrected chi connectivity index (χ3v) is 9.04. The van der Waals surface area contributed by atoms with Crippen LogP contribution in [0.2, 0.25) is 25.7 Å². The van der Waals surface area contributed by atoms with Crippen molar-refractivity contribution >= 4 is 29.9 Å². The Hall–Kier alpha value is -2.98. The zero-order valence-corrected chi connectivity index (χ0v) is 22.6. The molecule has 0 fully saturated rings. The maximum absolute atomic E-state index is 13.4. The van der Waals surface area contributed by atoms with E-state index >= 15 is 0 Å². The number of aryl methyl sites for hydroxylation is 1. The summed E-state index contributed by atoms with van der Waals surface area (Å²) in [6.45, 7) is 9.03. The number of rotatable bonds is 11. The van der Waals surface area contributed by atoms with Gasteiger partial charge in [0.15, 0.2) is 0 Å². The van der Waals surface area contributed by atoms with E-state index in [9.17, 15) is 18.3 Å². The van der Waals surface area contributed by atoms with E-state index in [0.717, 1.165) is 32.2 Å². The Morgan fingerprint density at radius 1 is 1.09 bits per heavy atom. The molecule has 0 unspecified atom stereocenters. The van der Waals surface area contributed by atoms with E-state index in [1.165, 1.54) is 13.1 Å². The Kier molecular flexibility index (Phi) is 8.50. The summed E-state index contributed by atoms with van der Waals surface area (Å²) in [6, 6.07) is 15.7. The molecule has 1 heterocycles. The number of benzene rings is 2. The number of hydrogen-bond acceptors (Lipinski definition) is 5. The lowest BCUT2D eigenvalue weighted by Crippen LogP contribution is -2.37. The summed E-state index contributed by atoms with van der Waals surface area (Å²) >= 11 is 0. The number of nitrogens with one attached hydrogen (secondary N) is 1. The molecular weight excluding hydrogens is 482 g/mol. The highest BCUT2D eigenvalue weighted by atomic mass is 32.2. The summed E-state index contributed by atoms with van der Waals surface area (Å²) in [5, 5.41) is 13.3. The van der Waals surface area contributed by atoms with Crippen molar-refractivity contribution in [3.05, 3.63) is 71.7 Å². The number of aliphatic hydroxyl groups is 1. The first kappa shape index (κ1) is 26.6. The summed E-state index contributed by atoms with van der Waals surface area (Å²) in [5.74, 6) is 0.0407. The van der Waals surface area contributed by atoms with Gasteiger partial charge in [-0.25, -0.2) is 8.61 Å². The molecule has 0 radical (unpaired) electrons. The van der Waals surface area contributed by atoms with Gasteiger partial charge >= 0.3 is 10.2 Å². The number of carbonyl (C=O) groups excluding carboxylic acids is 1. The van der Waals surface area contributed by atoms with Gasteiger partial charge < -0.3 is 15.2 Å². The lowest BCUT2D eigenvalue weighted by Gasteiger charge is -2.25. The molecule has 10 heteroatoms. The van der Waals surface area contributed by atoms with Crippen molar-refractivity contribution in [3.8, 4) is 5.75 Å². The second-order valence-corrected chi connectivity index (χ2v) is 17.2. The molecule has 35 heavy (non-hydrogen) atoms. The molecule has 0 atom stereocenters. The van der Waals surface area contributed by atoms with E-state index in [-0.39, 0.29) is 24.9 Å². The largest absolute Gasteiger partial charge is 0.493 e. The van der Waals surface area contributed by atoms with E-state index in [0.29, 0.717) is 24.4 Å². The van der Waals surface area contributed by atoms with E-state index in [1.54, 1.807) is 6.07 Å². The SMILES string of the molecule is CC(=O)NCCCc1ccc(N2C=C(O)N(CC[Si](C)(C)C)S2(=O)=O)c(OCc2ccccc2)c1. The molecule has 0 aromatic heterocycles. The molecule has 8 nitrogen and oxygen atoms in total. The number of hydrogen-bond donors (Lipinski definition) is 2. The monoisotopic (exact) mass is 517 g/mol. The summed E-state index contributed by atoms with van der Waals surface area (Å²) < 4.78 is 35.0. The van der Waals surface area contributed by atoms with Crippen molar-refractivity contribution in [3.63, 3.8) is 0 Å². The van der Waals surface area contributed by atoms with Gasteiger partial charge in [-0.15, -0.1) is 0 Å². The first-order valence-electron chi connectivity index (χ1n) is 11.7. The van der Waals surface area contributed by atoms with Gasteiger partial charge in [-0.2, -0.15) is 8.42 Å². The fourth-order valence-corrected chi connectivity index (χ4v) is 6.13. The molecule has 0 aliphatic carbocycles. The van der Waals surface area contributed by atoms with Gasteiger partial charge in [0.25, 0.3) is 0 Å². The van der Waals surface area contributed by atoms with Gasteiger partial charge in [-0.3, -0.25) is 4.79 Å². The van der Waals surface area contributed by atoms with Gasteiger partial charge in [0, 0.05) is 28.1 Å². The van der Waals surface area contributed by atoms with Gasteiger partial charge in [0.05, 0.1) is 6.20 Å². The van der Waals surface area contributed by atoms with E-state index in [4.69, 9.17) is 4.74 Å². The van der Waals surface area contributed by atoms with Crippen LogP contribution in [0.4, 0.5) is 5.69 Å². The lowest BCUT2D eigenvalue weighted by molar-refractivity contribution is -0.118. The first-order chi connectivity index (χ1) is 16.5. The Labute approximate surface area is 209 Å². The van der Waals surface area contributed by atoms with Crippen molar-refractivity contribution in [1.82, 2.24) is 9.62 Å². The number of nitrogens with zero attached hydrogens (tertiary/aromatic N) is 2. The van der Waals surface area contributed by atoms with E-state index in [1.807, 2.05) is 42.5 Å². The van der Waals surface area contributed by atoms with Crippen molar-refractivity contribution in [2.24, 2.45) is 0 Å². The van der Waals surface area contributed by atoms with Gasteiger partial charge in [-0.05, 0) is 42.1 Å². The van der Waals surface area contributed by atoms with Crippen molar-refractivity contribution in [2.45, 2.75) is 52.1 Å². The molecule has 1 amide bonds. The Morgan fingerprint density at radius 2 is 1.80 bits per heavy atom. The van der Waals surface area contributed by atoms with Crippen LogP contribution in [0.25, 0.3) is 0 Å². The molecule has 2 N–H and O–H groups in total. The Balaban J connectivity index is 1.86. The highest BCUT2D eigenvalue weighted by Gasteiger charge is 2.39. The molecule has 1 aliphatic heterocycles. The average molecular weight is 518 g/mol. The predicted molar refractivity (Wildman–Crippen MR) is 141 cm³/mol. The van der Waals surface area contributed by atoms with Crippen LogP contribution >= 0.6 is 0 Å². The normalized spacial score (nSPS) is 15.1. The maximum Gasteiger partial charge on any atom is 0.332 e. The quantitative estimate of drug-likeness (QED) is 0.340. The molecule has 0 saturated carbocycles. The second-order valence-electron chi connectivity index (χ2n) is 9.84. The van der Waals surface area contributed by atoms with Crippen molar-refractivity contribution in [1.29, 1.82) is 0 Å². The zero-order chi connectivity index (χ0) is 25.6. The van der Waals surface area contributed by atoms with Crippen molar-refractivity contribution < 1.29 is 23.1 Å². The maximum atomic E-state index is 13.4. The highest BCUT2D eigenvalue weighted by molar-refractivity contribution is 7.91. The fraction of sp³-hybridized carbons (Fsp3) is 0.400. The summed E-state index contributed by atoms with van der Waals surface area (Å²) in [6.07, 6.45) is 2.67. The number of anilines is 1. The number of aliphatic hydroxyl groups excluding tert-OH is 1. The fourth-order valence-electron chi connectivity index (χ4n) is 3.62. The lowest BCUT2D eigenvalue weighted by atomic mass is 10.1. The average Bonchev–Trinajstić information content (AvgIpc) is 3.01. The molecular formula is C25H35N3O5SSi. The molecule has 3 rings (SSSR count). The highest BCUT2D eigenvalue weighted by Crippen LogP contribution is 2.37. The second kappa shape index (κ2) is 11.2. The number of amides is 1. The standard InChI is InChI=1S/C25H35N3O5SSi/c1-20(29)26-14-8-11-21-12-13-23(24(17-21)33-19-22-9-6-5-7-10-22)28-18-25(30)27(34(28,31)32)15-16-35(2,3)4/h5-7,9-10,12-13,17-18,30H,8,11,14-16,19H2,1-4H3,(H,26,29). The number of carbonyl (C=O) groups is 1. The summed E-state index contributed by atoms with van der Waals surface area (Å²) in [5.41, 5.74) is 2.25. The summed E-state index contributed by atoms with van der Waals surface area (Å²) in [4.78, 5) is 11.1. The minimum atomic E-state index is -3.98. The first-order valence-corrected chi connectivity index (χ1v) is 16.8. The van der Waals surface area contributed by atoms with Crippen LogP contribution in [0.1, 0.15) is 24.5 Å². The van der Waals surface area contributed by atoms with Crippen LogP contribution in [0.3, 0.4) is 0 Å². The molecule has 0 bridgehead atoms. The zero-order valence-electron chi connectivity index (χ0n) is 20.8. The minimum absolute atomic E-state index is 0.0725. The summed E-state index contributed by atoms with van der Waals surface area (Å²) in [7, 11) is -5.51. The van der Waals surface area contributed by atoms with Crippen LogP contribution in [-0.4, -0.2) is 44.9 Å². The van der Waals surface area contributed by atoms with Gasteiger partial charge in [0.2, 0.25) is 11.8 Å². The predicted octanol–water partition coefficient (Wildman–Crippen LogP) is 4.40. The van der Waals surface area contributed by atoms with Crippen LogP contribution in [0.15, 0.2) is 60.6 Å². The number of ether oxygens (including phenoxy) is 1. The molecule has 0 spiro atoms. The molecule has 0 saturated heterocycles. The van der Waals surface area contributed by atoms with Crippen LogP contribution in [-0.2, 0) is 28.0 Å². The molecule has 190 valence electrons. The molecule has 1 aliphatic rings. The van der Waals surface area contributed by atoms with Crippen LogP contribution in [0, 0.1) is 0 Å².